The van der Waals surface area contributed by atoms with Crippen molar-refractivity contribution in [1.82, 2.24) is 4.57 Å². The molecule has 128 valence electrons. The zero-order valence-corrected chi connectivity index (χ0v) is 14.0. The highest BCUT2D eigenvalue weighted by atomic mass is 35.5. The van der Waals surface area contributed by atoms with Crippen LogP contribution in [0.5, 0.6) is 0 Å². The lowest BCUT2D eigenvalue weighted by Gasteiger charge is -2.08. The summed E-state index contributed by atoms with van der Waals surface area (Å²) in [6.45, 7) is -0.0213. The van der Waals surface area contributed by atoms with Crippen molar-refractivity contribution in [1.29, 1.82) is 0 Å². The van der Waals surface area contributed by atoms with E-state index in [1.165, 1.54) is 25.3 Å². The smallest absolute Gasteiger partial charge is 0.340 e. The quantitative estimate of drug-likeness (QED) is 0.719. The maximum absolute atomic E-state index is 13.2. The number of halogens is 2. The van der Waals surface area contributed by atoms with Gasteiger partial charge in [-0.05, 0) is 24.3 Å². The second kappa shape index (κ2) is 6.94. The van der Waals surface area contributed by atoms with Crippen molar-refractivity contribution in [3.8, 4) is 0 Å². The topological polar surface area (TPSA) is 60.3 Å². The number of carbonyl (C=O) groups excluding carboxylic acids is 2. The first kappa shape index (κ1) is 17.0. The predicted molar refractivity (Wildman–Crippen MR) is 93.3 cm³/mol. The van der Waals surface area contributed by atoms with E-state index in [1.54, 1.807) is 22.9 Å². The molecular formula is C18H14ClFN2O3. The molecule has 0 aliphatic heterocycles. The van der Waals surface area contributed by atoms with Gasteiger partial charge in [0.15, 0.2) is 0 Å². The van der Waals surface area contributed by atoms with Crippen LogP contribution in [0, 0.1) is 5.82 Å². The van der Waals surface area contributed by atoms with Crippen molar-refractivity contribution in [3.05, 3.63) is 65.1 Å². The number of anilines is 1. The monoisotopic (exact) mass is 360 g/mol. The fraction of sp³-hybridized carbons (Fsp3) is 0.111. The fourth-order valence-electron chi connectivity index (χ4n) is 2.58. The van der Waals surface area contributed by atoms with Crippen LogP contribution in [0.3, 0.4) is 0 Å². The predicted octanol–water partition coefficient (Wildman–Crippen LogP) is 3.86. The van der Waals surface area contributed by atoms with E-state index in [-0.39, 0.29) is 17.5 Å². The van der Waals surface area contributed by atoms with Crippen molar-refractivity contribution in [3.63, 3.8) is 0 Å². The summed E-state index contributed by atoms with van der Waals surface area (Å²) in [5.74, 6) is -1.36. The average molecular weight is 361 g/mol. The number of hydrogen-bond donors (Lipinski definition) is 1. The maximum atomic E-state index is 13.2. The number of para-hydroxylation sites is 1. The lowest BCUT2D eigenvalue weighted by atomic mass is 10.2. The molecule has 1 aromatic heterocycles. The first-order chi connectivity index (χ1) is 12.0. The van der Waals surface area contributed by atoms with Crippen molar-refractivity contribution >= 4 is 40.1 Å². The van der Waals surface area contributed by atoms with Crippen LogP contribution >= 0.6 is 11.6 Å². The first-order valence-electron chi connectivity index (χ1n) is 7.40. The Hall–Kier alpha value is -2.86. The van der Waals surface area contributed by atoms with E-state index in [0.29, 0.717) is 16.6 Å². The molecule has 5 nitrogen and oxygen atoms in total. The van der Waals surface area contributed by atoms with Gasteiger partial charge < -0.3 is 14.6 Å². The summed E-state index contributed by atoms with van der Waals surface area (Å²) in [5, 5.41) is 3.28. The normalized spacial score (nSPS) is 10.7. The van der Waals surface area contributed by atoms with Gasteiger partial charge in [-0.1, -0.05) is 29.8 Å². The molecule has 0 aliphatic carbocycles. The Morgan fingerprint density at radius 1 is 1.24 bits per heavy atom. The molecule has 0 saturated carbocycles. The minimum Gasteiger partial charge on any atom is -0.465 e. The third-order valence-electron chi connectivity index (χ3n) is 3.71. The summed E-state index contributed by atoms with van der Waals surface area (Å²) in [4.78, 5) is 24.2. The third kappa shape index (κ3) is 3.49. The summed E-state index contributed by atoms with van der Waals surface area (Å²) < 4.78 is 19.6. The number of esters is 1. The lowest BCUT2D eigenvalue weighted by Crippen LogP contribution is -2.18. The van der Waals surface area contributed by atoms with Gasteiger partial charge in [-0.25, -0.2) is 9.18 Å². The molecule has 0 aliphatic rings. The van der Waals surface area contributed by atoms with Gasteiger partial charge in [0.25, 0.3) is 0 Å². The highest BCUT2D eigenvalue weighted by Gasteiger charge is 2.16. The summed E-state index contributed by atoms with van der Waals surface area (Å²) in [7, 11) is 1.30. The van der Waals surface area contributed by atoms with Crippen LogP contribution in [0.15, 0.2) is 48.7 Å². The van der Waals surface area contributed by atoms with Crippen LogP contribution in [-0.4, -0.2) is 23.6 Å². The molecular weight excluding hydrogens is 347 g/mol. The summed E-state index contributed by atoms with van der Waals surface area (Å²) in [6, 6.07) is 11.2. The van der Waals surface area contributed by atoms with Gasteiger partial charge in [-0.3, -0.25) is 4.79 Å². The number of ether oxygens (including phenoxy) is 1. The summed E-state index contributed by atoms with van der Waals surface area (Å²) >= 11 is 5.71. The molecule has 0 radical (unpaired) electrons. The van der Waals surface area contributed by atoms with Crippen LogP contribution in [0.25, 0.3) is 10.9 Å². The Labute approximate surface area is 148 Å². The second-order valence-corrected chi connectivity index (χ2v) is 5.76. The number of hydrogen-bond acceptors (Lipinski definition) is 3. The number of fused-ring (bicyclic) bond motifs is 1. The largest absolute Gasteiger partial charge is 0.465 e. The number of rotatable bonds is 4. The number of amides is 1. The Morgan fingerprint density at radius 2 is 2.00 bits per heavy atom. The highest BCUT2D eigenvalue weighted by Crippen LogP contribution is 2.23. The Bertz CT molecular complexity index is 968. The molecule has 3 rings (SSSR count). The Balaban J connectivity index is 1.86. The molecule has 0 atom stereocenters. The molecule has 0 bridgehead atoms. The third-order valence-corrected chi connectivity index (χ3v) is 4.00. The Kier molecular flexibility index (Phi) is 4.72. The first-order valence-corrected chi connectivity index (χ1v) is 7.78. The molecule has 1 heterocycles. The van der Waals surface area contributed by atoms with Crippen LogP contribution in [0.4, 0.5) is 10.1 Å². The number of carbonyl (C=O) groups is 2. The van der Waals surface area contributed by atoms with Gasteiger partial charge in [0.1, 0.15) is 12.4 Å². The van der Waals surface area contributed by atoms with Crippen LogP contribution in [-0.2, 0) is 16.1 Å². The molecule has 1 amide bonds. The van der Waals surface area contributed by atoms with Crippen molar-refractivity contribution in [2.45, 2.75) is 6.54 Å². The minimum atomic E-state index is -0.557. The Morgan fingerprint density at radius 3 is 2.72 bits per heavy atom. The SMILES string of the molecule is COC(=O)c1cn(CC(=O)Nc2ccc(F)c(Cl)c2)c2ccccc12. The van der Waals surface area contributed by atoms with Gasteiger partial charge in [0.2, 0.25) is 5.91 Å². The van der Waals surface area contributed by atoms with Gasteiger partial charge in [0, 0.05) is 22.8 Å². The fourth-order valence-corrected chi connectivity index (χ4v) is 2.76. The number of nitrogens with one attached hydrogen (secondary N) is 1. The van der Waals surface area contributed by atoms with Gasteiger partial charge in [-0.2, -0.15) is 0 Å². The van der Waals surface area contributed by atoms with Gasteiger partial charge in [-0.15, -0.1) is 0 Å². The van der Waals surface area contributed by atoms with E-state index >= 15 is 0 Å². The molecule has 25 heavy (non-hydrogen) atoms. The molecule has 0 fully saturated rings. The molecule has 0 spiro atoms. The standard InChI is InChI=1S/C18H14ClFN2O3/c1-25-18(24)13-9-22(16-5-3-2-4-12(13)16)10-17(23)21-11-6-7-15(20)14(19)8-11/h2-9H,10H2,1H3,(H,21,23). The molecule has 3 aromatic rings. The van der Waals surface area contributed by atoms with Crippen LogP contribution in [0.1, 0.15) is 10.4 Å². The van der Waals surface area contributed by atoms with Crippen molar-refractivity contribution < 1.29 is 18.7 Å². The highest BCUT2D eigenvalue weighted by molar-refractivity contribution is 6.31. The number of nitrogens with zero attached hydrogens (tertiary/aromatic N) is 1. The molecule has 0 unspecified atom stereocenters. The van der Waals surface area contributed by atoms with Crippen molar-refractivity contribution in [2.75, 3.05) is 12.4 Å². The average Bonchev–Trinajstić information content (AvgIpc) is 2.96. The van der Waals surface area contributed by atoms with E-state index in [4.69, 9.17) is 16.3 Å². The van der Waals surface area contributed by atoms with E-state index < -0.39 is 11.8 Å². The van der Waals surface area contributed by atoms with E-state index in [2.05, 4.69) is 5.32 Å². The van der Waals surface area contributed by atoms with Crippen LogP contribution in [0.2, 0.25) is 5.02 Å². The van der Waals surface area contributed by atoms with Crippen LogP contribution < -0.4 is 5.32 Å². The second-order valence-electron chi connectivity index (χ2n) is 5.36. The zero-order valence-electron chi connectivity index (χ0n) is 13.3. The summed E-state index contributed by atoms with van der Waals surface area (Å²) in [6.07, 6.45) is 1.58. The van der Waals surface area contributed by atoms with Crippen molar-refractivity contribution in [2.24, 2.45) is 0 Å². The lowest BCUT2D eigenvalue weighted by molar-refractivity contribution is -0.116. The summed E-state index contributed by atoms with van der Waals surface area (Å²) in [5.41, 5.74) is 1.51. The van der Waals surface area contributed by atoms with Gasteiger partial charge in [0.05, 0.1) is 17.7 Å². The molecule has 1 N–H and O–H groups in total. The van der Waals surface area contributed by atoms with Gasteiger partial charge >= 0.3 is 5.97 Å². The molecule has 7 heteroatoms. The molecule has 2 aromatic carbocycles. The van der Waals surface area contributed by atoms with E-state index in [0.717, 1.165) is 5.52 Å². The van der Waals surface area contributed by atoms with E-state index in [1.807, 2.05) is 12.1 Å². The maximum Gasteiger partial charge on any atom is 0.340 e. The molecule has 0 saturated heterocycles. The minimum absolute atomic E-state index is 0.0213. The number of benzene rings is 2. The zero-order chi connectivity index (χ0) is 18.0. The van der Waals surface area contributed by atoms with E-state index in [9.17, 15) is 14.0 Å². The number of methoxy groups -OCH3 is 1. The number of aromatic nitrogens is 1.